The zero-order valence-electron chi connectivity index (χ0n) is 6.98. The van der Waals surface area contributed by atoms with Crippen LogP contribution in [0.3, 0.4) is 0 Å². The van der Waals surface area contributed by atoms with E-state index in [1.165, 1.54) is 6.07 Å². The molecule has 0 radical (unpaired) electrons. The van der Waals surface area contributed by atoms with Crippen LogP contribution in [-0.2, 0) is 0 Å². The van der Waals surface area contributed by atoms with Gasteiger partial charge in [-0.2, -0.15) is 0 Å². The lowest BCUT2D eigenvalue weighted by Crippen LogP contribution is -1.98. The molecular weight excluding hydrogens is 234 g/mol. The van der Waals surface area contributed by atoms with Crippen molar-refractivity contribution >= 4 is 21.6 Å². The Hall–Kier alpha value is -1.23. The molecule has 0 aliphatic carbocycles. The van der Waals surface area contributed by atoms with Gasteiger partial charge in [-0.1, -0.05) is 15.9 Å². The summed E-state index contributed by atoms with van der Waals surface area (Å²) in [5.41, 5.74) is 1.38. The van der Waals surface area contributed by atoms with Gasteiger partial charge in [0.15, 0.2) is 0 Å². The minimum atomic E-state index is -0.0902. The first-order valence-corrected chi connectivity index (χ1v) is 4.48. The van der Waals surface area contributed by atoms with Gasteiger partial charge in [0, 0.05) is 12.3 Å². The van der Waals surface area contributed by atoms with Gasteiger partial charge in [-0.15, -0.1) is 10.2 Å². The zero-order valence-corrected chi connectivity index (χ0v) is 8.56. The third kappa shape index (κ3) is 2.95. The van der Waals surface area contributed by atoms with E-state index in [0.29, 0.717) is 5.69 Å². The van der Waals surface area contributed by atoms with Crippen molar-refractivity contribution in [3.05, 3.63) is 29.0 Å². The van der Waals surface area contributed by atoms with Gasteiger partial charge in [0.25, 0.3) is 0 Å². The molecule has 4 nitrogen and oxygen atoms in total. The topological polar surface area (TPSA) is 58.4 Å². The minimum Gasteiger partial charge on any atom is -0.492 e. The summed E-state index contributed by atoms with van der Waals surface area (Å²) in [5, 5.41) is 16.1. The first kappa shape index (κ1) is 9.85. The van der Waals surface area contributed by atoms with E-state index in [2.05, 4.69) is 31.1 Å². The summed E-state index contributed by atoms with van der Waals surface area (Å²) in [6.07, 6.45) is 1.60. The number of aromatic nitrogens is 2. The van der Waals surface area contributed by atoms with Crippen molar-refractivity contribution in [3.63, 3.8) is 0 Å². The van der Waals surface area contributed by atoms with Gasteiger partial charge < -0.3 is 5.11 Å². The van der Waals surface area contributed by atoms with E-state index >= 15 is 0 Å². The van der Waals surface area contributed by atoms with Crippen LogP contribution in [0.15, 0.2) is 28.3 Å². The Labute approximate surface area is 84.2 Å². The number of hydrogen-bond donors (Lipinski definition) is 1. The summed E-state index contributed by atoms with van der Waals surface area (Å²) in [6.45, 7) is 1.81. The predicted molar refractivity (Wildman–Crippen MR) is 54.0 cm³/mol. The van der Waals surface area contributed by atoms with Gasteiger partial charge in [0.05, 0.1) is 5.71 Å². The second-order valence-electron chi connectivity index (χ2n) is 2.27. The van der Waals surface area contributed by atoms with Crippen molar-refractivity contribution in [3.8, 4) is 5.88 Å². The smallest absolute Gasteiger partial charge is 0.230 e. The van der Waals surface area contributed by atoms with E-state index < -0.39 is 0 Å². The van der Waals surface area contributed by atoms with Crippen LogP contribution in [0, 0.1) is 0 Å². The van der Waals surface area contributed by atoms with Gasteiger partial charge >= 0.3 is 0 Å². The second-order valence-corrected chi connectivity index (χ2v) is 2.80. The zero-order chi connectivity index (χ0) is 9.68. The summed E-state index contributed by atoms with van der Waals surface area (Å²) >= 11 is 3.10. The van der Waals surface area contributed by atoms with E-state index in [0.717, 1.165) is 5.71 Å². The van der Waals surface area contributed by atoms with E-state index in [1.807, 2.05) is 6.92 Å². The van der Waals surface area contributed by atoms with Crippen LogP contribution < -0.4 is 0 Å². The molecule has 0 saturated heterocycles. The van der Waals surface area contributed by atoms with E-state index in [-0.39, 0.29) is 5.88 Å². The number of rotatable bonds is 2. The summed E-state index contributed by atoms with van der Waals surface area (Å²) in [7, 11) is 0. The number of aliphatic imine (C=N–C) groups is 1. The highest BCUT2D eigenvalue weighted by molar-refractivity contribution is 9.11. The summed E-state index contributed by atoms with van der Waals surface area (Å²) in [6, 6.07) is 3.13. The second kappa shape index (κ2) is 4.71. The number of nitrogens with zero attached hydrogens (tertiary/aromatic N) is 3. The van der Waals surface area contributed by atoms with Crippen LogP contribution in [0.1, 0.15) is 12.6 Å². The fourth-order valence-electron chi connectivity index (χ4n) is 0.724. The van der Waals surface area contributed by atoms with Crippen LogP contribution in [-0.4, -0.2) is 21.0 Å². The lowest BCUT2D eigenvalue weighted by Gasteiger charge is -1.95. The van der Waals surface area contributed by atoms with Crippen molar-refractivity contribution < 1.29 is 5.11 Å². The molecule has 0 amide bonds. The Morgan fingerprint density at radius 3 is 2.85 bits per heavy atom. The third-order valence-electron chi connectivity index (χ3n) is 1.35. The standard InChI is InChI=1S/C8H8BrN3O/c1-6(10-5-4-9)7-2-3-8(13)12-11-7/h2-5H,1H3,(H,12,13)/b5-4+,10-6+. The van der Waals surface area contributed by atoms with E-state index in [4.69, 9.17) is 5.11 Å². The highest BCUT2D eigenvalue weighted by Gasteiger charge is 1.98. The molecule has 0 aromatic carbocycles. The molecular formula is C8H8BrN3O. The van der Waals surface area contributed by atoms with Crippen LogP contribution in [0.5, 0.6) is 5.88 Å². The molecule has 5 heteroatoms. The molecule has 1 aromatic heterocycles. The van der Waals surface area contributed by atoms with Crippen LogP contribution in [0.2, 0.25) is 0 Å². The van der Waals surface area contributed by atoms with E-state index in [1.54, 1.807) is 17.3 Å². The van der Waals surface area contributed by atoms with Crippen molar-refractivity contribution in [2.75, 3.05) is 0 Å². The summed E-state index contributed by atoms with van der Waals surface area (Å²) < 4.78 is 0. The third-order valence-corrected chi connectivity index (χ3v) is 1.58. The monoisotopic (exact) mass is 241 g/mol. The molecule has 0 atom stereocenters. The van der Waals surface area contributed by atoms with Crippen molar-refractivity contribution in [2.45, 2.75) is 6.92 Å². The lowest BCUT2D eigenvalue weighted by molar-refractivity contribution is 0.445. The fourth-order valence-corrected chi connectivity index (χ4v) is 0.843. The van der Waals surface area contributed by atoms with Gasteiger partial charge in [0.1, 0.15) is 5.69 Å². The lowest BCUT2D eigenvalue weighted by atomic mass is 10.3. The number of aromatic hydroxyl groups is 1. The highest BCUT2D eigenvalue weighted by atomic mass is 79.9. The molecule has 0 bridgehead atoms. The Bertz CT molecular complexity index is 332. The Morgan fingerprint density at radius 2 is 2.31 bits per heavy atom. The molecule has 1 rings (SSSR count). The Balaban J connectivity index is 2.89. The maximum Gasteiger partial charge on any atom is 0.230 e. The fraction of sp³-hybridized carbons (Fsp3) is 0.125. The normalized spacial score (nSPS) is 12.3. The molecule has 1 aromatic rings. The SMILES string of the molecule is C/C(=N\C=C\Br)c1ccc(O)nn1. The van der Waals surface area contributed by atoms with Gasteiger partial charge in [-0.05, 0) is 18.0 Å². The summed E-state index contributed by atoms with van der Waals surface area (Å²) in [5.74, 6) is -0.0902. The molecule has 1 heterocycles. The van der Waals surface area contributed by atoms with Crippen LogP contribution in [0.4, 0.5) is 0 Å². The molecule has 0 spiro atoms. The molecule has 0 saturated carbocycles. The predicted octanol–water partition coefficient (Wildman–Crippen LogP) is 1.86. The molecule has 0 aliphatic rings. The molecule has 0 fully saturated rings. The van der Waals surface area contributed by atoms with Gasteiger partial charge in [-0.3, -0.25) is 4.99 Å². The van der Waals surface area contributed by atoms with Crippen molar-refractivity contribution in [2.24, 2.45) is 4.99 Å². The Morgan fingerprint density at radius 1 is 1.54 bits per heavy atom. The van der Waals surface area contributed by atoms with Gasteiger partial charge in [-0.25, -0.2) is 0 Å². The van der Waals surface area contributed by atoms with Crippen LogP contribution in [0.25, 0.3) is 0 Å². The average molecular weight is 242 g/mol. The molecule has 1 N–H and O–H groups in total. The minimum absolute atomic E-state index is 0.0902. The molecule has 68 valence electrons. The number of halogens is 1. The first-order chi connectivity index (χ1) is 6.24. The quantitative estimate of drug-likeness (QED) is 0.805. The highest BCUT2D eigenvalue weighted by Crippen LogP contribution is 2.03. The van der Waals surface area contributed by atoms with Gasteiger partial charge in [0.2, 0.25) is 5.88 Å². The average Bonchev–Trinajstić information content (AvgIpc) is 2.15. The van der Waals surface area contributed by atoms with E-state index in [9.17, 15) is 0 Å². The molecule has 0 aliphatic heterocycles. The number of hydrogen-bond acceptors (Lipinski definition) is 4. The maximum atomic E-state index is 8.88. The Kier molecular flexibility index (Phi) is 3.57. The maximum absolute atomic E-state index is 8.88. The van der Waals surface area contributed by atoms with Crippen LogP contribution >= 0.6 is 15.9 Å². The van der Waals surface area contributed by atoms with Crippen molar-refractivity contribution in [1.29, 1.82) is 0 Å². The molecule has 0 unspecified atom stereocenters. The first-order valence-electron chi connectivity index (χ1n) is 3.56. The summed E-state index contributed by atoms with van der Waals surface area (Å²) in [4.78, 5) is 5.69. The largest absolute Gasteiger partial charge is 0.492 e. The molecule has 13 heavy (non-hydrogen) atoms. The van der Waals surface area contributed by atoms with Crippen molar-refractivity contribution in [1.82, 2.24) is 10.2 Å².